The van der Waals surface area contributed by atoms with Gasteiger partial charge in [-0.05, 0) is 19.8 Å². The van der Waals surface area contributed by atoms with E-state index in [4.69, 9.17) is 4.74 Å². The molecule has 1 N–H and O–H groups in total. The summed E-state index contributed by atoms with van der Waals surface area (Å²) in [6.45, 7) is 6.09. The highest BCUT2D eigenvalue weighted by atomic mass is 19.4. The lowest BCUT2D eigenvalue weighted by atomic mass is 9.95. The number of guanidine groups is 1. The SMILES string of the molecule is CCNC(=NCc1cn(C)nc1C(F)(F)F)N1CCC(C(=O)N2CCOCC2)CC1. The van der Waals surface area contributed by atoms with Gasteiger partial charge in [-0.15, -0.1) is 0 Å². The van der Waals surface area contributed by atoms with E-state index >= 15 is 0 Å². The number of piperidine rings is 1. The van der Waals surface area contributed by atoms with Crippen LogP contribution in [0, 0.1) is 5.92 Å². The number of hydrogen-bond acceptors (Lipinski definition) is 4. The average Bonchev–Trinajstić information content (AvgIpc) is 3.12. The Morgan fingerprint density at radius 2 is 1.90 bits per heavy atom. The van der Waals surface area contributed by atoms with E-state index in [9.17, 15) is 18.0 Å². The fraction of sp³-hybridized carbons (Fsp3) is 0.737. The minimum absolute atomic E-state index is 0.0302. The summed E-state index contributed by atoms with van der Waals surface area (Å²) in [5.41, 5.74) is -0.864. The molecule has 11 heteroatoms. The average molecular weight is 430 g/mol. The maximum atomic E-state index is 13.2. The highest BCUT2D eigenvalue weighted by molar-refractivity contribution is 5.82. The van der Waals surface area contributed by atoms with Gasteiger partial charge < -0.3 is 19.9 Å². The number of aliphatic imine (C=N–C) groups is 1. The van der Waals surface area contributed by atoms with Gasteiger partial charge in [-0.3, -0.25) is 9.48 Å². The van der Waals surface area contributed by atoms with Gasteiger partial charge in [0.05, 0.1) is 19.8 Å². The number of likely N-dealkylation sites (tertiary alicyclic amines) is 1. The molecule has 2 aliphatic heterocycles. The van der Waals surface area contributed by atoms with Crippen LogP contribution in [0.4, 0.5) is 13.2 Å². The zero-order chi connectivity index (χ0) is 21.7. The topological polar surface area (TPSA) is 75.0 Å². The van der Waals surface area contributed by atoms with Crippen LogP contribution in [0.15, 0.2) is 11.2 Å². The van der Waals surface area contributed by atoms with Crippen molar-refractivity contribution < 1.29 is 22.7 Å². The number of nitrogens with zero attached hydrogens (tertiary/aromatic N) is 5. The summed E-state index contributed by atoms with van der Waals surface area (Å²) in [5.74, 6) is 0.703. The van der Waals surface area contributed by atoms with Gasteiger partial charge in [0.2, 0.25) is 5.91 Å². The molecular weight excluding hydrogens is 401 g/mol. The van der Waals surface area contributed by atoms with Crippen LogP contribution in [-0.2, 0) is 29.3 Å². The molecule has 0 radical (unpaired) electrons. The maximum Gasteiger partial charge on any atom is 0.435 e. The minimum atomic E-state index is -4.51. The van der Waals surface area contributed by atoms with Crippen molar-refractivity contribution in [1.29, 1.82) is 0 Å². The van der Waals surface area contributed by atoms with Crippen LogP contribution < -0.4 is 5.32 Å². The van der Waals surface area contributed by atoms with Gasteiger partial charge in [0.25, 0.3) is 0 Å². The Labute approximate surface area is 174 Å². The molecule has 0 aliphatic carbocycles. The van der Waals surface area contributed by atoms with Gasteiger partial charge in [-0.2, -0.15) is 18.3 Å². The first-order valence-electron chi connectivity index (χ1n) is 10.3. The predicted octanol–water partition coefficient (Wildman–Crippen LogP) is 1.48. The van der Waals surface area contributed by atoms with E-state index in [0.29, 0.717) is 64.7 Å². The highest BCUT2D eigenvalue weighted by Crippen LogP contribution is 2.31. The number of halogens is 3. The first-order valence-corrected chi connectivity index (χ1v) is 10.3. The molecule has 2 saturated heterocycles. The molecule has 2 aliphatic rings. The molecule has 0 bridgehead atoms. The van der Waals surface area contributed by atoms with Gasteiger partial charge in [-0.25, -0.2) is 4.99 Å². The number of amides is 1. The van der Waals surface area contributed by atoms with Crippen LogP contribution in [0.5, 0.6) is 0 Å². The third-order valence-electron chi connectivity index (χ3n) is 5.37. The van der Waals surface area contributed by atoms with E-state index in [0.717, 1.165) is 4.68 Å². The fourth-order valence-electron chi connectivity index (χ4n) is 3.86. The number of ether oxygens (including phenoxy) is 1. The second-order valence-electron chi connectivity index (χ2n) is 7.54. The fourth-order valence-corrected chi connectivity index (χ4v) is 3.86. The largest absolute Gasteiger partial charge is 0.435 e. The van der Waals surface area contributed by atoms with E-state index in [2.05, 4.69) is 15.4 Å². The third kappa shape index (κ3) is 5.44. The molecule has 3 rings (SSSR count). The van der Waals surface area contributed by atoms with Crippen molar-refractivity contribution in [1.82, 2.24) is 24.9 Å². The van der Waals surface area contributed by atoms with Crippen molar-refractivity contribution in [3.05, 3.63) is 17.5 Å². The summed E-state index contributed by atoms with van der Waals surface area (Å²) in [6, 6.07) is 0. The van der Waals surface area contributed by atoms with Gasteiger partial charge in [0.1, 0.15) is 0 Å². The summed E-state index contributed by atoms with van der Waals surface area (Å²) < 4.78 is 46.0. The monoisotopic (exact) mass is 430 g/mol. The number of morpholine rings is 1. The van der Waals surface area contributed by atoms with Crippen molar-refractivity contribution in [2.24, 2.45) is 18.0 Å². The Balaban J connectivity index is 1.63. The smallest absolute Gasteiger partial charge is 0.378 e. The van der Waals surface area contributed by atoms with Gasteiger partial charge >= 0.3 is 6.18 Å². The van der Waals surface area contributed by atoms with Crippen molar-refractivity contribution in [2.75, 3.05) is 45.9 Å². The summed E-state index contributed by atoms with van der Waals surface area (Å²) >= 11 is 0. The number of carbonyl (C=O) groups excluding carboxylic acids is 1. The van der Waals surface area contributed by atoms with Crippen LogP contribution in [0.3, 0.4) is 0 Å². The zero-order valence-electron chi connectivity index (χ0n) is 17.4. The van der Waals surface area contributed by atoms with Crippen molar-refractivity contribution in [3.8, 4) is 0 Å². The molecule has 0 unspecified atom stereocenters. The first-order chi connectivity index (χ1) is 14.3. The second kappa shape index (κ2) is 9.67. The minimum Gasteiger partial charge on any atom is -0.378 e. The Morgan fingerprint density at radius 1 is 1.23 bits per heavy atom. The molecule has 0 aromatic carbocycles. The quantitative estimate of drug-likeness (QED) is 0.579. The Morgan fingerprint density at radius 3 is 2.50 bits per heavy atom. The number of carbonyl (C=O) groups is 1. The Bertz CT molecular complexity index is 750. The van der Waals surface area contributed by atoms with Crippen LogP contribution >= 0.6 is 0 Å². The molecule has 0 saturated carbocycles. The standard InChI is InChI=1S/C19H29F3N6O2/c1-3-23-18(24-12-15-13-26(2)25-16(15)19(20,21)22)28-6-4-14(5-7-28)17(29)27-8-10-30-11-9-27/h13-14H,3-12H2,1-2H3,(H,23,24). The highest BCUT2D eigenvalue weighted by Gasteiger charge is 2.37. The number of nitrogens with one attached hydrogen (secondary N) is 1. The summed E-state index contributed by atoms with van der Waals surface area (Å²) in [4.78, 5) is 21.0. The lowest BCUT2D eigenvalue weighted by Gasteiger charge is -2.36. The molecule has 1 aromatic heterocycles. The normalized spacial score (nSPS) is 19.3. The molecule has 2 fully saturated rings. The van der Waals surface area contributed by atoms with Crippen LogP contribution in [0.1, 0.15) is 31.0 Å². The Hall–Kier alpha value is -2.30. The number of alkyl halides is 3. The van der Waals surface area contributed by atoms with E-state index < -0.39 is 11.9 Å². The molecule has 3 heterocycles. The molecular formula is C19H29F3N6O2. The molecule has 0 atom stereocenters. The predicted molar refractivity (Wildman–Crippen MR) is 105 cm³/mol. The molecule has 0 spiro atoms. The van der Waals surface area contributed by atoms with E-state index in [1.165, 1.54) is 13.2 Å². The van der Waals surface area contributed by atoms with Gasteiger partial charge in [-0.1, -0.05) is 0 Å². The van der Waals surface area contributed by atoms with Crippen LogP contribution in [-0.4, -0.2) is 77.4 Å². The van der Waals surface area contributed by atoms with Crippen molar-refractivity contribution in [3.63, 3.8) is 0 Å². The molecule has 1 amide bonds. The van der Waals surface area contributed by atoms with E-state index in [1.807, 2.05) is 16.7 Å². The van der Waals surface area contributed by atoms with Gasteiger partial charge in [0.15, 0.2) is 11.7 Å². The van der Waals surface area contributed by atoms with Crippen LogP contribution in [0.2, 0.25) is 0 Å². The second-order valence-corrected chi connectivity index (χ2v) is 7.54. The molecule has 8 nitrogen and oxygen atoms in total. The van der Waals surface area contributed by atoms with Gasteiger partial charge in [0, 0.05) is 57.4 Å². The first kappa shape index (κ1) is 22.4. The molecule has 30 heavy (non-hydrogen) atoms. The zero-order valence-corrected chi connectivity index (χ0v) is 17.4. The van der Waals surface area contributed by atoms with Crippen LogP contribution in [0.25, 0.3) is 0 Å². The number of aromatic nitrogens is 2. The number of hydrogen-bond donors (Lipinski definition) is 1. The molecule has 1 aromatic rings. The lowest BCUT2D eigenvalue weighted by Crippen LogP contribution is -2.50. The molecule has 168 valence electrons. The van der Waals surface area contributed by atoms with Crippen molar-refractivity contribution >= 4 is 11.9 Å². The third-order valence-corrected chi connectivity index (χ3v) is 5.37. The Kier molecular flexibility index (Phi) is 7.22. The summed E-state index contributed by atoms with van der Waals surface area (Å²) in [7, 11) is 1.46. The number of rotatable bonds is 4. The lowest BCUT2D eigenvalue weighted by molar-refractivity contribution is -0.142. The van der Waals surface area contributed by atoms with E-state index in [1.54, 1.807) is 0 Å². The van der Waals surface area contributed by atoms with Crippen molar-refractivity contribution in [2.45, 2.75) is 32.5 Å². The van der Waals surface area contributed by atoms with E-state index in [-0.39, 0.29) is 23.9 Å². The number of aryl methyl sites for hydroxylation is 1. The maximum absolute atomic E-state index is 13.2. The summed E-state index contributed by atoms with van der Waals surface area (Å²) in [5, 5.41) is 6.68. The summed E-state index contributed by atoms with van der Waals surface area (Å²) in [6.07, 6.45) is -1.77.